The quantitative estimate of drug-likeness (QED) is 0.819. The molecule has 0 bridgehead atoms. The van der Waals surface area contributed by atoms with Crippen LogP contribution in [0.5, 0.6) is 0 Å². The molecule has 22 heavy (non-hydrogen) atoms. The van der Waals surface area contributed by atoms with E-state index in [1.165, 1.54) is 4.31 Å². The molecule has 3 atom stereocenters. The van der Waals surface area contributed by atoms with Crippen LogP contribution in [0.25, 0.3) is 0 Å². The van der Waals surface area contributed by atoms with E-state index in [1.54, 1.807) is 36.4 Å². The number of nitrogens with zero attached hydrogens (tertiary/aromatic N) is 2. The van der Waals surface area contributed by atoms with Crippen LogP contribution >= 0.6 is 0 Å². The summed E-state index contributed by atoms with van der Waals surface area (Å²) in [6.07, 6.45) is 0. The van der Waals surface area contributed by atoms with Crippen molar-refractivity contribution >= 4 is 10.0 Å². The zero-order valence-electron chi connectivity index (χ0n) is 12.4. The Morgan fingerprint density at radius 2 is 1.64 bits per heavy atom. The van der Waals surface area contributed by atoms with Gasteiger partial charge in [-0.15, -0.1) is 0 Å². The lowest BCUT2D eigenvalue weighted by atomic mass is 10.1. The molecule has 2 aromatic carbocycles. The summed E-state index contributed by atoms with van der Waals surface area (Å²) in [5.74, 6) is 0. The van der Waals surface area contributed by atoms with Gasteiger partial charge in [0.2, 0.25) is 10.0 Å². The van der Waals surface area contributed by atoms with Gasteiger partial charge in [0.05, 0.1) is 22.6 Å². The molecule has 0 N–H and O–H groups in total. The fourth-order valence-electron chi connectivity index (χ4n) is 2.70. The lowest BCUT2D eigenvalue weighted by Gasteiger charge is -2.07. The molecule has 1 saturated heterocycles. The zero-order chi connectivity index (χ0) is 15.9. The molecular weight excluding hydrogens is 296 g/mol. The minimum Gasteiger partial charge on any atom is -0.207 e. The van der Waals surface area contributed by atoms with Crippen molar-refractivity contribution in [2.24, 2.45) is 0 Å². The average molecular weight is 312 g/mol. The van der Waals surface area contributed by atoms with Crippen LogP contribution in [0.2, 0.25) is 0 Å². The molecule has 1 unspecified atom stereocenters. The van der Waals surface area contributed by atoms with Crippen molar-refractivity contribution in [3.63, 3.8) is 0 Å². The van der Waals surface area contributed by atoms with Gasteiger partial charge in [0, 0.05) is 6.04 Å². The van der Waals surface area contributed by atoms with E-state index in [0.717, 1.165) is 11.1 Å². The van der Waals surface area contributed by atoms with E-state index in [-0.39, 0.29) is 12.1 Å². The van der Waals surface area contributed by atoms with Crippen LogP contribution in [0.4, 0.5) is 0 Å². The van der Waals surface area contributed by atoms with Crippen molar-refractivity contribution in [2.45, 2.75) is 30.8 Å². The number of hydrogen-bond acceptors (Lipinski definition) is 3. The molecule has 0 saturated carbocycles. The Hall–Kier alpha value is -2.16. The van der Waals surface area contributed by atoms with Crippen molar-refractivity contribution < 1.29 is 8.42 Å². The molecule has 0 radical (unpaired) electrons. The van der Waals surface area contributed by atoms with Crippen molar-refractivity contribution in [3.8, 4) is 6.07 Å². The van der Waals surface area contributed by atoms with Crippen molar-refractivity contribution in [1.29, 1.82) is 5.26 Å². The Morgan fingerprint density at radius 3 is 2.18 bits per heavy atom. The number of benzene rings is 2. The standard InChI is InChI=1S/C17H16N2O2S/c1-12-3-9-16(10-4-12)22(20,21)19-13(2)17(19)15-7-5-14(11-18)6-8-15/h3-10,13,17H,1-2H3/t13-,17+,19?/m1/s1. The van der Waals surface area contributed by atoms with Gasteiger partial charge < -0.3 is 0 Å². The number of aryl methyl sites for hydroxylation is 1. The van der Waals surface area contributed by atoms with E-state index >= 15 is 0 Å². The van der Waals surface area contributed by atoms with Gasteiger partial charge in [-0.05, 0) is 43.7 Å². The Labute approximate surface area is 130 Å². The van der Waals surface area contributed by atoms with E-state index in [9.17, 15) is 8.42 Å². The Bertz CT molecular complexity index is 834. The van der Waals surface area contributed by atoms with Gasteiger partial charge in [-0.1, -0.05) is 29.8 Å². The largest absolute Gasteiger partial charge is 0.243 e. The maximum Gasteiger partial charge on any atom is 0.243 e. The fourth-order valence-corrected chi connectivity index (χ4v) is 4.52. The topological polar surface area (TPSA) is 60.9 Å². The maximum atomic E-state index is 12.7. The minimum atomic E-state index is -3.48. The summed E-state index contributed by atoms with van der Waals surface area (Å²) in [5.41, 5.74) is 2.52. The highest BCUT2D eigenvalue weighted by molar-refractivity contribution is 7.89. The maximum absolute atomic E-state index is 12.7. The SMILES string of the molecule is Cc1ccc(S(=O)(=O)N2[C@H](C)[C@H]2c2ccc(C#N)cc2)cc1. The van der Waals surface area contributed by atoms with Gasteiger partial charge in [0.1, 0.15) is 0 Å². The minimum absolute atomic E-state index is 0.0701. The Morgan fingerprint density at radius 1 is 1.05 bits per heavy atom. The van der Waals surface area contributed by atoms with Crippen molar-refractivity contribution in [1.82, 2.24) is 4.31 Å². The summed E-state index contributed by atoms with van der Waals surface area (Å²) >= 11 is 0. The first-order valence-electron chi connectivity index (χ1n) is 7.05. The molecule has 1 aliphatic rings. The molecule has 1 heterocycles. The Balaban J connectivity index is 1.89. The van der Waals surface area contributed by atoms with Crippen LogP contribution in [0.15, 0.2) is 53.4 Å². The second-order valence-electron chi connectivity index (χ2n) is 5.57. The first-order chi connectivity index (χ1) is 10.4. The van der Waals surface area contributed by atoms with Crippen LogP contribution in [-0.2, 0) is 10.0 Å². The molecular formula is C17H16N2O2S. The molecule has 3 rings (SSSR count). The van der Waals surface area contributed by atoms with E-state index in [2.05, 4.69) is 6.07 Å². The average Bonchev–Trinajstić information content (AvgIpc) is 3.20. The fraction of sp³-hybridized carbons (Fsp3) is 0.235. The first-order valence-corrected chi connectivity index (χ1v) is 8.49. The molecule has 0 spiro atoms. The van der Waals surface area contributed by atoms with Gasteiger partial charge >= 0.3 is 0 Å². The third-order valence-corrected chi connectivity index (χ3v) is 6.00. The predicted octanol–water partition coefficient (Wildman–Crippen LogP) is 3.00. The lowest BCUT2D eigenvalue weighted by Crippen LogP contribution is -2.14. The number of nitriles is 1. The van der Waals surface area contributed by atoms with Crippen LogP contribution in [0.3, 0.4) is 0 Å². The molecule has 5 heteroatoms. The summed E-state index contributed by atoms with van der Waals surface area (Å²) in [6, 6.07) is 15.8. The first kappa shape index (κ1) is 14.8. The lowest BCUT2D eigenvalue weighted by molar-refractivity contribution is 0.548. The molecule has 1 fully saturated rings. The zero-order valence-corrected chi connectivity index (χ0v) is 13.2. The molecule has 0 aliphatic carbocycles. The number of sulfonamides is 1. The Kier molecular flexibility index (Phi) is 3.51. The summed E-state index contributed by atoms with van der Waals surface area (Å²) < 4.78 is 26.9. The highest BCUT2D eigenvalue weighted by Gasteiger charge is 2.53. The second kappa shape index (κ2) is 5.24. The van der Waals surface area contributed by atoms with Crippen molar-refractivity contribution in [2.75, 3.05) is 0 Å². The van der Waals surface area contributed by atoms with Gasteiger partial charge in [-0.3, -0.25) is 0 Å². The van der Waals surface area contributed by atoms with E-state index in [4.69, 9.17) is 5.26 Å². The monoisotopic (exact) mass is 312 g/mol. The molecule has 4 nitrogen and oxygen atoms in total. The van der Waals surface area contributed by atoms with Gasteiger partial charge in [-0.25, -0.2) is 8.42 Å². The van der Waals surface area contributed by atoms with Crippen LogP contribution in [0.1, 0.15) is 29.7 Å². The molecule has 1 aliphatic heterocycles. The summed E-state index contributed by atoms with van der Waals surface area (Å²) in [7, 11) is -3.48. The molecule has 0 aromatic heterocycles. The predicted molar refractivity (Wildman–Crippen MR) is 83.6 cm³/mol. The van der Waals surface area contributed by atoms with Gasteiger partial charge in [0.15, 0.2) is 0 Å². The number of rotatable bonds is 3. The molecule has 2 aromatic rings. The third kappa shape index (κ3) is 2.41. The smallest absolute Gasteiger partial charge is 0.207 e. The van der Waals surface area contributed by atoms with Gasteiger partial charge in [-0.2, -0.15) is 9.57 Å². The van der Waals surface area contributed by atoms with Crippen LogP contribution in [-0.4, -0.2) is 18.8 Å². The second-order valence-corrected chi connectivity index (χ2v) is 7.41. The highest BCUT2D eigenvalue weighted by Crippen LogP contribution is 2.47. The summed E-state index contributed by atoms with van der Waals surface area (Å²) in [4.78, 5) is 0.320. The number of hydrogen-bond donors (Lipinski definition) is 0. The van der Waals surface area contributed by atoms with Crippen molar-refractivity contribution in [3.05, 3.63) is 65.2 Å². The van der Waals surface area contributed by atoms with Gasteiger partial charge in [0.25, 0.3) is 0 Å². The normalized spacial score (nSPS) is 23.8. The van der Waals surface area contributed by atoms with E-state index in [0.29, 0.717) is 10.5 Å². The summed E-state index contributed by atoms with van der Waals surface area (Å²) in [6.45, 7) is 3.82. The van der Waals surface area contributed by atoms with E-state index < -0.39 is 10.0 Å². The third-order valence-electron chi connectivity index (χ3n) is 4.02. The summed E-state index contributed by atoms with van der Waals surface area (Å²) in [5, 5.41) is 8.83. The molecule has 0 amide bonds. The van der Waals surface area contributed by atoms with Crippen LogP contribution in [0, 0.1) is 18.3 Å². The molecule has 112 valence electrons. The van der Waals surface area contributed by atoms with E-state index in [1.807, 2.05) is 26.0 Å². The highest BCUT2D eigenvalue weighted by atomic mass is 32.2. The van der Waals surface area contributed by atoms with Crippen LogP contribution < -0.4 is 0 Å².